The van der Waals surface area contributed by atoms with E-state index in [1.54, 1.807) is 19.2 Å². The molecule has 3 N–H and O–H groups in total. The maximum Gasteiger partial charge on any atom is 0.251 e. The molecule has 1 aliphatic rings. The van der Waals surface area contributed by atoms with Gasteiger partial charge < -0.3 is 15.7 Å². The van der Waals surface area contributed by atoms with Crippen molar-refractivity contribution in [3.8, 4) is 11.3 Å². The van der Waals surface area contributed by atoms with Gasteiger partial charge in [0.2, 0.25) is 0 Å². The fourth-order valence-corrected chi connectivity index (χ4v) is 4.94. The number of amides is 1. The van der Waals surface area contributed by atoms with Crippen molar-refractivity contribution in [1.82, 2.24) is 20.0 Å². The highest BCUT2D eigenvalue weighted by Gasteiger charge is 2.27. The van der Waals surface area contributed by atoms with Crippen molar-refractivity contribution in [3.63, 3.8) is 0 Å². The molecule has 6 nitrogen and oxygen atoms in total. The number of nitrogens with one attached hydrogen (secondary N) is 2. The SMILES string of the molecule is CNC(=O)c1ccc2c(c1)sc1nc(-c3ccc([C@H]4CNC[C@@H]4O)cc3F)cn12. The van der Waals surface area contributed by atoms with Crippen molar-refractivity contribution in [3.05, 3.63) is 59.5 Å². The molecule has 148 valence electrons. The molecule has 0 saturated carbocycles. The first kappa shape index (κ1) is 18.2. The number of carbonyl (C=O) groups is 1. The van der Waals surface area contributed by atoms with Crippen LogP contribution >= 0.6 is 11.3 Å². The van der Waals surface area contributed by atoms with Crippen molar-refractivity contribution < 1.29 is 14.3 Å². The monoisotopic (exact) mass is 410 g/mol. The van der Waals surface area contributed by atoms with Crippen molar-refractivity contribution in [2.75, 3.05) is 20.1 Å². The van der Waals surface area contributed by atoms with Gasteiger partial charge in [-0.2, -0.15) is 0 Å². The van der Waals surface area contributed by atoms with Crippen molar-refractivity contribution >= 4 is 32.4 Å². The van der Waals surface area contributed by atoms with E-state index in [0.717, 1.165) is 20.7 Å². The quantitative estimate of drug-likeness (QED) is 0.485. The van der Waals surface area contributed by atoms with Crippen LogP contribution in [0.3, 0.4) is 0 Å². The van der Waals surface area contributed by atoms with Gasteiger partial charge in [0.25, 0.3) is 5.91 Å². The summed E-state index contributed by atoms with van der Waals surface area (Å²) in [4.78, 5) is 17.2. The number of hydrogen-bond acceptors (Lipinski definition) is 5. The van der Waals surface area contributed by atoms with Gasteiger partial charge in [-0.1, -0.05) is 17.4 Å². The van der Waals surface area contributed by atoms with Crippen LogP contribution in [0.5, 0.6) is 0 Å². The highest BCUT2D eigenvalue weighted by Crippen LogP contribution is 2.32. The normalized spacial score (nSPS) is 19.3. The molecule has 0 aliphatic carbocycles. The summed E-state index contributed by atoms with van der Waals surface area (Å²) >= 11 is 1.46. The van der Waals surface area contributed by atoms with E-state index in [4.69, 9.17) is 0 Å². The molecule has 4 aromatic rings. The largest absolute Gasteiger partial charge is 0.391 e. The molecule has 2 aromatic heterocycles. The molecule has 2 atom stereocenters. The second-order valence-corrected chi connectivity index (χ2v) is 8.22. The van der Waals surface area contributed by atoms with Gasteiger partial charge in [0, 0.05) is 43.4 Å². The Bertz CT molecular complexity index is 1250. The Labute approximate surface area is 170 Å². The van der Waals surface area contributed by atoms with Gasteiger partial charge in [-0.05, 0) is 35.9 Å². The summed E-state index contributed by atoms with van der Waals surface area (Å²) < 4.78 is 17.7. The fourth-order valence-electron chi connectivity index (χ4n) is 3.89. The summed E-state index contributed by atoms with van der Waals surface area (Å²) in [6, 6.07) is 10.6. The Morgan fingerprint density at radius 1 is 1.31 bits per heavy atom. The lowest BCUT2D eigenvalue weighted by Gasteiger charge is -2.14. The minimum Gasteiger partial charge on any atom is -0.391 e. The Morgan fingerprint density at radius 2 is 2.17 bits per heavy atom. The Hall–Kier alpha value is -2.81. The number of fused-ring (bicyclic) bond motifs is 3. The van der Waals surface area contributed by atoms with E-state index in [1.807, 2.05) is 28.8 Å². The summed E-state index contributed by atoms with van der Waals surface area (Å²) in [7, 11) is 1.60. The molecule has 0 radical (unpaired) electrons. The first-order valence-electron chi connectivity index (χ1n) is 9.37. The van der Waals surface area contributed by atoms with Gasteiger partial charge in [0.1, 0.15) is 5.82 Å². The second kappa shape index (κ2) is 6.91. The summed E-state index contributed by atoms with van der Waals surface area (Å²) in [5.74, 6) is -0.579. The molecule has 29 heavy (non-hydrogen) atoms. The Kier molecular flexibility index (Phi) is 4.34. The van der Waals surface area contributed by atoms with E-state index in [1.165, 1.54) is 17.4 Å². The number of β-amino-alcohol motifs (C(OH)–C–C–N with tert-alkyl or cyclic N) is 1. The summed E-state index contributed by atoms with van der Waals surface area (Å²) in [5.41, 5.74) is 3.29. The van der Waals surface area contributed by atoms with Gasteiger partial charge in [0.15, 0.2) is 4.96 Å². The maximum absolute atomic E-state index is 14.9. The number of aliphatic hydroxyl groups excluding tert-OH is 1. The van der Waals surface area contributed by atoms with E-state index in [9.17, 15) is 14.3 Å². The first-order chi connectivity index (χ1) is 14.0. The van der Waals surface area contributed by atoms with Crippen LogP contribution in [0.2, 0.25) is 0 Å². The summed E-state index contributed by atoms with van der Waals surface area (Å²) in [5, 5.41) is 15.8. The maximum atomic E-state index is 14.9. The number of thiazole rings is 1. The average molecular weight is 410 g/mol. The van der Waals surface area contributed by atoms with Gasteiger partial charge in [-0.3, -0.25) is 9.20 Å². The van der Waals surface area contributed by atoms with Crippen molar-refractivity contribution in [1.29, 1.82) is 0 Å². The Morgan fingerprint density at radius 3 is 2.90 bits per heavy atom. The van der Waals surface area contributed by atoms with E-state index in [2.05, 4.69) is 15.6 Å². The number of rotatable bonds is 3. The van der Waals surface area contributed by atoms with Gasteiger partial charge in [-0.25, -0.2) is 9.37 Å². The molecule has 1 fully saturated rings. The zero-order chi connectivity index (χ0) is 20.1. The molecule has 0 bridgehead atoms. The second-order valence-electron chi connectivity index (χ2n) is 7.21. The molecule has 0 spiro atoms. The Balaban J connectivity index is 1.53. The van der Waals surface area contributed by atoms with Gasteiger partial charge >= 0.3 is 0 Å². The molecule has 8 heteroatoms. The lowest BCUT2D eigenvalue weighted by Crippen LogP contribution is -2.17. The zero-order valence-corrected chi connectivity index (χ0v) is 16.5. The average Bonchev–Trinajstić information content (AvgIpc) is 3.40. The molecule has 5 rings (SSSR count). The van der Waals surface area contributed by atoms with Gasteiger partial charge in [0.05, 0.1) is 22.0 Å². The molecular formula is C21H19FN4O2S. The third kappa shape index (κ3) is 3.00. The lowest BCUT2D eigenvalue weighted by molar-refractivity contribution is 0.0963. The van der Waals surface area contributed by atoms with Crippen LogP contribution in [0.25, 0.3) is 26.4 Å². The van der Waals surface area contributed by atoms with Crippen LogP contribution in [0.1, 0.15) is 21.8 Å². The third-order valence-corrected chi connectivity index (χ3v) is 6.48. The highest BCUT2D eigenvalue weighted by molar-refractivity contribution is 7.23. The van der Waals surface area contributed by atoms with E-state index in [0.29, 0.717) is 29.9 Å². The van der Waals surface area contributed by atoms with E-state index in [-0.39, 0.29) is 17.6 Å². The molecule has 3 heterocycles. The molecule has 1 amide bonds. The molecule has 2 aromatic carbocycles. The van der Waals surface area contributed by atoms with Crippen LogP contribution < -0.4 is 10.6 Å². The first-order valence-corrected chi connectivity index (χ1v) is 10.2. The molecule has 1 saturated heterocycles. The number of halogens is 1. The fraction of sp³-hybridized carbons (Fsp3) is 0.238. The topological polar surface area (TPSA) is 78.7 Å². The molecule has 1 aliphatic heterocycles. The zero-order valence-electron chi connectivity index (χ0n) is 15.6. The van der Waals surface area contributed by atoms with E-state index >= 15 is 0 Å². The number of benzene rings is 2. The number of imidazole rings is 1. The highest BCUT2D eigenvalue weighted by atomic mass is 32.1. The number of aliphatic hydroxyl groups is 1. The van der Waals surface area contributed by atoms with Crippen molar-refractivity contribution in [2.24, 2.45) is 0 Å². The van der Waals surface area contributed by atoms with Crippen LogP contribution in [-0.4, -0.2) is 46.6 Å². The number of hydrogen-bond donors (Lipinski definition) is 3. The summed E-state index contributed by atoms with van der Waals surface area (Å²) in [6.07, 6.45) is 1.32. The minimum atomic E-state index is -0.496. The van der Waals surface area contributed by atoms with Crippen LogP contribution in [-0.2, 0) is 0 Å². The molecule has 0 unspecified atom stereocenters. The van der Waals surface area contributed by atoms with Crippen LogP contribution in [0, 0.1) is 5.82 Å². The predicted octanol–water partition coefficient (Wildman–Crippen LogP) is 2.76. The number of nitrogens with zero attached hydrogens (tertiary/aromatic N) is 2. The molecular weight excluding hydrogens is 391 g/mol. The van der Waals surface area contributed by atoms with E-state index < -0.39 is 6.10 Å². The minimum absolute atomic E-state index is 0.0949. The number of aromatic nitrogens is 2. The standard InChI is InChI=1S/C21H19FN4O2S/c1-23-20(28)12-3-5-17-19(7-12)29-21-25-16(10-26(17)21)13-4-2-11(6-15(13)22)14-8-24-9-18(14)27/h2-7,10,14,18,24,27H,8-9H2,1H3,(H,23,28)/t14-,18+/m1/s1. The smallest absolute Gasteiger partial charge is 0.251 e. The van der Waals surface area contributed by atoms with Crippen LogP contribution in [0.4, 0.5) is 4.39 Å². The summed E-state index contributed by atoms with van der Waals surface area (Å²) in [6.45, 7) is 1.17. The van der Waals surface area contributed by atoms with Gasteiger partial charge in [-0.15, -0.1) is 0 Å². The predicted molar refractivity (Wildman–Crippen MR) is 111 cm³/mol. The lowest BCUT2D eigenvalue weighted by atomic mass is 9.94. The number of carbonyl (C=O) groups excluding carboxylic acids is 1. The van der Waals surface area contributed by atoms with Crippen molar-refractivity contribution in [2.45, 2.75) is 12.0 Å². The third-order valence-electron chi connectivity index (χ3n) is 5.46. The van der Waals surface area contributed by atoms with Crippen LogP contribution in [0.15, 0.2) is 42.6 Å².